The number of carbonyl (C=O) groups is 1. The van der Waals surface area contributed by atoms with Crippen LogP contribution in [-0.4, -0.2) is 42.0 Å². The lowest BCUT2D eigenvalue weighted by molar-refractivity contribution is -0.141. The predicted octanol–water partition coefficient (Wildman–Crippen LogP) is 1.70. The third kappa shape index (κ3) is 3.19. The molecule has 20 heavy (non-hydrogen) atoms. The van der Waals surface area contributed by atoms with Gasteiger partial charge in [-0.2, -0.15) is 13.2 Å². The number of alkyl halides is 3. The van der Waals surface area contributed by atoms with Crippen molar-refractivity contribution in [1.29, 1.82) is 0 Å². The normalized spacial score (nSPS) is 20.7. The molecule has 1 saturated heterocycles. The maximum Gasteiger partial charge on any atom is 0.433 e. The first-order valence-electron chi connectivity index (χ1n) is 6.06. The number of hydrogen-bond acceptors (Lipinski definition) is 4. The maximum atomic E-state index is 12.6. The van der Waals surface area contributed by atoms with Gasteiger partial charge in [-0.1, -0.05) is 0 Å². The fourth-order valence-electron chi connectivity index (χ4n) is 1.87. The van der Waals surface area contributed by atoms with E-state index in [0.717, 1.165) is 12.3 Å². The molecule has 1 atom stereocenters. The van der Waals surface area contributed by atoms with Crippen LogP contribution in [0.2, 0.25) is 0 Å². The van der Waals surface area contributed by atoms with Crippen LogP contribution >= 0.6 is 0 Å². The van der Waals surface area contributed by atoms with Crippen LogP contribution in [0.4, 0.5) is 18.9 Å². The number of halogens is 3. The summed E-state index contributed by atoms with van der Waals surface area (Å²) in [4.78, 5) is 21.1. The molecule has 1 aliphatic rings. The first-order valence-corrected chi connectivity index (χ1v) is 6.06. The van der Waals surface area contributed by atoms with E-state index in [4.69, 9.17) is 4.84 Å². The lowest BCUT2D eigenvalue weighted by Crippen LogP contribution is -2.34. The van der Waals surface area contributed by atoms with Gasteiger partial charge >= 0.3 is 6.18 Å². The number of hydroxylamine groups is 1. The Kier molecular flexibility index (Phi) is 4.12. The number of hydrogen-bond donors (Lipinski definition) is 0. The van der Waals surface area contributed by atoms with Crippen LogP contribution in [0.1, 0.15) is 12.6 Å². The van der Waals surface area contributed by atoms with Crippen LogP contribution in [0.15, 0.2) is 18.3 Å². The van der Waals surface area contributed by atoms with Gasteiger partial charge in [-0.25, -0.2) is 0 Å². The SMILES string of the molecule is C[C@@H]1CON(c2ccnc(C(F)(F)F)c2)CCN1C=O. The van der Waals surface area contributed by atoms with Gasteiger partial charge in [0.05, 0.1) is 24.9 Å². The Bertz CT molecular complexity index is 481. The summed E-state index contributed by atoms with van der Waals surface area (Å²) in [5.41, 5.74) is -0.699. The minimum atomic E-state index is -4.50. The molecule has 0 spiro atoms. The third-order valence-corrected chi connectivity index (χ3v) is 3.06. The van der Waals surface area contributed by atoms with E-state index in [1.54, 1.807) is 4.90 Å². The zero-order chi connectivity index (χ0) is 14.8. The molecule has 0 unspecified atom stereocenters. The molecule has 1 amide bonds. The molecule has 0 saturated carbocycles. The van der Waals surface area contributed by atoms with Crippen LogP contribution in [0.5, 0.6) is 0 Å². The van der Waals surface area contributed by atoms with Gasteiger partial charge in [0.1, 0.15) is 5.69 Å². The van der Waals surface area contributed by atoms with Crippen LogP contribution < -0.4 is 5.06 Å². The summed E-state index contributed by atoms with van der Waals surface area (Å²) >= 11 is 0. The van der Waals surface area contributed by atoms with Crippen molar-refractivity contribution in [3.63, 3.8) is 0 Å². The summed E-state index contributed by atoms with van der Waals surface area (Å²) in [5, 5.41) is 1.36. The topological polar surface area (TPSA) is 45.7 Å². The zero-order valence-corrected chi connectivity index (χ0v) is 10.8. The number of nitrogens with zero attached hydrogens (tertiary/aromatic N) is 3. The molecule has 0 bridgehead atoms. The number of rotatable bonds is 2. The summed E-state index contributed by atoms with van der Waals surface area (Å²) in [6, 6.07) is 2.25. The van der Waals surface area contributed by atoms with Crippen molar-refractivity contribution in [2.45, 2.75) is 19.1 Å². The molecule has 0 N–H and O–H groups in total. The van der Waals surface area contributed by atoms with Crippen LogP contribution in [0, 0.1) is 0 Å². The molecule has 2 heterocycles. The fraction of sp³-hybridized carbons (Fsp3) is 0.500. The zero-order valence-electron chi connectivity index (χ0n) is 10.8. The van der Waals surface area contributed by atoms with E-state index in [0.29, 0.717) is 19.5 Å². The second-order valence-electron chi connectivity index (χ2n) is 4.49. The average molecular weight is 289 g/mol. The Morgan fingerprint density at radius 2 is 2.20 bits per heavy atom. The quantitative estimate of drug-likeness (QED) is 0.777. The van der Waals surface area contributed by atoms with E-state index in [2.05, 4.69) is 4.98 Å². The van der Waals surface area contributed by atoms with Crippen molar-refractivity contribution >= 4 is 12.1 Å². The first-order chi connectivity index (χ1) is 9.41. The van der Waals surface area contributed by atoms with Crippen molar-refractivity contribution < 1.29 is 22.8 Å². The van der Waals surface area contributed by atoms with Crippen molar-refractivity contribution in [3.8, 4) is 0 Å². The van der Waals surface area contributed by atoms with Gasteiger partial charge < -0.3 is 4.90 Å². The van der Waals surface area contributed by atoms with E-state index in [9.17, 15) is 18.0 Å². The summed E-state index contributed by atoms with van der Waals surface area (Å²) in [6.45, 7) is 2.72. The van der Waals surface area contributed by atoms with Gasteiger partial charge in [-0.3, -0.25) is 19.7 Å². The molecule has 2 rings (SSSR count). The summed E-state index contributed by atoms with van der Waals surface area (Å²) in [7, 11) is 0. The summed E-state index contributed by atoms with van der Waals surface area (Å²) in [5.74, 6) is 0. The minimum Gasteiger partial charge on any atom is -0.338 e. The van der Waals surface area contributed by atoms with Crippen molar-refractivity contribution in [1.82, 2.24) is 9.88 Å². The largest absolute Gasteiger partial charge is 0.433 e. The number of amides is 1. The van der Waals surface area contributed by atoms with Gasteiger partial charge in [0.15, 0.2) is 0 Å². The van der Waals surface area contributed by atoms with Gasteiger partial charge in [0.2, 0.25) is 6.41 Å². The molecular formula is C12H14F3N3O2. The average Bonchev–Trinajstić information content (AvgIpc) is 2.60. The van der Waals surface area contributed by atoms with Crippen molar-refractivity contribution in [2.75, 3.05) is 24.8 Å². The highest BCUT2D eigenvalue weighted by Crippen LogP contribution is 2.30. The Hall–Kier alpha value is -1.83. The number of aromatic nitrogens is 1. The van der Waals surface area contributed by atoms with Crippen molar-refractivity contribution in [2.24, 2.45) is 0 Å². The first kappa shape index (κ1) is 14.6. The summed E-state index contributed by atoms with van der Waals surface area (Å²) in [6.07, 6.45) is -2.69. The predicted molar refractivity (Wildman–Crippen MR) is 64.8 cm³/mol. The van der Waals surface area contributed by atoms with E-state index in [1.165, 1.54) is 11.1 Å². The van der Waals surface area contributed by atoms with Crippen LogP contribution in [0.25, 0.3) is 0 Å². The van der Waals surface area contributed by atoms with E-state index in [-0.39, 0.29) is 18.3 Å². The Morgan fingerprint density at radius 3 is 2.85 bits per heavy atom. The van der Waals surface area contributed by atoms with E-state index in [1.807, 2.05) is 6.92 Å². The highest BCUT2D eigenvalue weighted by Gasteiger charge is 2.33. The molecule has 110 valence electrons. The standard InChI is InChI=1S/C12H14F3N3O2/c1-9-7-20-18(5-4-17(9)8-19)10-2-3-16-11(6-10)12(13,14)15/h2-3,6,8-9H,4-5,7H2,1H3/t9-/m1/s1. The molecule has 5 nitrogen and oxygen atoms in total. The van der Waals surface area contributed by atoms with Gasteiger partial charge in [-0.15, -0.1) is 0 Å². The molecule has 0 radical (unpaired) electrons. The highest BCUT2D eigenvalue weighted by atomic mass is 19.4. The van der Waals surface area contributed by atoms with Crippen molar-refractivity contribution in [3.05, 3.63) is 24.0 Å². The second-order valence-corrected chi connectivity index (χ2v) is 4.49. The number of pyridine rings is 1. The van der Waals surface area contributed by atoms with Gasteiger partial charge in [-0.05, 0) is 19.1 Å². The molecule has 1 aromatic rings. The molecule has 1 fully saturated rings. The Balaban J connectivity index is 2.18. The lowest BCUT2D eigenvalue weighted by atomic mass is 10.3. The molecule has 1 aliphatic heterocycles. The minimum absolute atomic E-state index is 0.124. The fourth-order valence-corrected chi connectivity index (χ4v) is 1.87. The van der Waals surface area contributed by atoms with E-state index < -0.39 is 11.9 Å². The smallest absolute Gasteiger partial charge is 0.338 e. The lowest BCUT2D eigenvalue weighted by Gasteiger charge is -2.21. The van der Waals surface area contributed by atoms with Crippen LogP contribution in [-0.2, 0) is 15.8 Å². The number of anilines is 1. The van der Waals surface area contributed by atoms with Gasteiger partial charge in [0, 0.05) is 12.7 Å². The molecule has 8 heteroatoms. The molecule has 1 aromatic heterocycles. The van der Waals surface area contributed by atoms with E-state index >= 15 is 0 Å². The molecule has 0 aliphatic carbocycles. The monoisotopic (exact) mass is 289 g/mol. The number of carbonyl (C=O) groups excluding carboxylic acids is 1. The maximum absolute atomic E-state index is 12.6. The summed E-state index contributed by atoms with van der Waals surface area (Å²) < 4.78 is 37.9. The molecule has 0 aromatic carbocycles. The third-order valence-electron chi connectivity index (χ3n) is 3.06. The second kappa shape index (κ2) is 5.66. The van der Waals surface area contributed by atoms with Gasteiger partial charge in [0.25, 0.3) is 0 Å². The Labute approximate surface area is 113 Å². The Morgan fingerprint density at radius 1 is 1.45 bits per heavy atom. The van der Waals surface area contributed by atoms with Crippen LogP contribution in [0.3, 0.4) is 0 Å². The molecular weight excluding hydrogens is 275 g/mol. The highest BCUT2D eigenvalue weighted by molar-refractivity contribution is 5.49.